The van der Waals surface area contributed by atoms with Crippen LogP contribution < -0.4 is 0 Å². The Morgan fingerprint density at radius 2 is 0.912 bits per heavy atom. The molecule has 10 aromatic rings. The quantitative estimate of drug-likeness (QED) is 0.0822. The molecule has 0 aliphatic heterocycles. The van der Waals surface area contributed by atoms with E-state index >= 15 is 0 Å². The number of nitrogens with zero attached hydrogens (tertiary/aromatic N) is 10. The van der Waals surface area contributed by atoms with Crippen molar-refractivity contribution < 1.29 is 17.6 Å². The molecule has 0 saturated carbocycles. The second-order valence-corrected chi connectivity index (χ2v) is 21.0. The van der Waals surface area contributed by atoms with Gasteiger partial charge < -0.3 is 0 Å². The summed E-state index contributed by atoms with van der Waals surface area (Å²) in [6.07, 6.45) is 9.51. The van der Waals surface area contributed by atoms with Gasteiger partial charge in [-0.3, -0.25) is 29.9 Å². The molecule has 0 atom stereocenters. The van der Waals surface area contributed by atoms with Crippen LogP contribution in [-0.4, -0.2) is 49.8 Å². The minimum atomic E-state index is -0.412. The van der Waals surface area contributed by atoms with Crippen LogP contribution in [0.3, 0.4) is 0 Å². The van der Waals surface area contributed by atoms with Gasteiger partial charge in [0.2, 0.25) is 5.95 Å². The predicted octanol–water partition coefficient (Wildman–Crippen LogP) is 18.5. The van der Waals surface area contributed by atoms with Gasteiger partial charge in [0.05, 0.1) is 11.9 Å². The third-order valence-electron chi connectivity index (χ3n) is 8.67. The molecule has 0 spiro atoms. The molecule has 10 rings (SSSR count). The highest BCUT2D eigenvalue weighted by Crippen LogP contribution is 2.09. The third-order valence-corrected chi connectivity index (χ3v) is 11.3. The lowest BCUT2D eigenvalue weighted by atomic mass is 10.4. The van der Waals surface area contributed by atoms with Crippen molar-refractivity contribution in [1.82, 2.24) is 49.8 Å². The summed E-state index contributed by atoms with van der Waals surface area (Å²) in [7, 11) is 0. The van der Waals surface area contributed by atoms with Crippen molar-refractivity contribution >= 4 is 100 Å². The van der Waals surface area contributed by atoms with Crippen molar-refractivity contribution in [3.63, 3.8) is 0 Å². The van der Waals surface area contributed by atoms with E-state index in [2.05, 4.69) is 127 Å². The first-order valence-corrected chi connectivity index (χ1v) is 28.2. The highest BCUT2D eigenvalue weighted by atomic mass is 127. The van der Waals surface area contributed by atoms with Crippen LogP contribution in [0.4, 0.5) is 17.6 Å². The first-order chi connectivity index (χ1) is 37.9. The van der Waals surface area contributed by atoms with Crippen LogP contribution in [0.25, 0.3) is 0 Å². The third kappa shape index (κ3) is 40.4. The van der Waals surface area contributed by atoms with Gasteiger partial charge >= 0.3 is 0 Å². The molecule has 0 radical (unpaired) electrons. The molecule has 420 valence electrons. The summed E-state index contributed by atoms with van der Waals surface area (Å²) >= 11 is 22.2. The van der Waals surface area contributed by atoms with Crippen molar-refractivity contribution in [2.24, 2.45) is 0 Å². The van der Waals surface area contributed by atoms with Gasteiger partial charge in [0.1, 0.15) is 30.9 Å². The maximum atomic E-state index is 12.3. The molecule has 0 aliphatic carbocycles. The Morgan fingerprint density at radius 1 is 0.388 bits per heavy atom. The Kier molecular flexibility index (Phi) is 38.8. The zero-order chi connectivity index (χ0) is 59.8. The molecular formula is C60H60Br2Cl2F4I2N10. The van der Waals surface area contributed by atoms with Crippen molar-refractivity contribution in [2.45, 2.75) is 69.2 Å². The summed E-state index contributed by atoms with van der Waals surface area (Å²) in [5, 5.41) is 1.31. The summed E-state index contributed by atoms with van der Waals surface area (Å²) in [6.45, 7) is 18.7. The molecule has 0 saturated heterocycles. The number of halogens is 10. The maximum absolute atomic E-state index is 12.3. The van der Waals surface area contributed by atoms with Crippen LogP contribution in [0, 0.1) is 99.9 Å². The lowest BCUT2D eigenvalue weighted by Gasteiger charge is -1.88. The van der Waals surface area contributed by atoms with Crippen LogP contribution >= 0.6 is 100 Å². The van der Waals surface area contributed by atoms with Gasteiger partial charge in [-0.1, -0.05) is 63.4 Å². The number of hydrogen-bond acceptors (Lipinski definition) is 10. The predicted molar refractivity (Wildman–Crippen MR) is 340 cm³/mol. The van der Waals surface area contributed by atoms with Crippen LogP contribution in [0.2, 0.25) is 10.2 Å². The van der Waals surface area contributed by atoms with Gasteiger partial charge in [-0.25, -0.2) is 33.1 Å². The van der Waals surface area contributed by atoms with E-state index < -0.39 is 5.95 Å². The lowest BCUT2D eigenvalue weighted by molar-refractivity contribution is 0.580. The van der Waals surface area contributed by atoms with E-state index in [0.29, 0.717) is 22.2 Å². The van der Waals surface area contributed by atoms with Crippen LogP contribution in [0.5, 0.6) is 0 Å². The monoisotopic (exact) mass is 1480 g/mol. The largest absolute Gasteiger partial charge is 0.262 e. The summed E-state index contributed by atoms with van der Waals surface area (Å²) in [4.78, 5) is 38.9. The van der Waals surface area contributed by atoms with E-state index in [4.69, 9.17) is 23.2 Å². The van der Waals surface area contributed by atoms with E-state index in [1.54, 1.807) is 75.8 Å². The van der Waals surface area contributed by atoms with Crippen molar-refractivity contribution in [2.75, 3.05) is 0 Å². The fourth-order valence-electron chi connectivity index (χ4n) is 5.00. The minimum absolute atomic E-state index is 0.225. The van der Waals surface area contributed by atoms with E-state index in [9.17, 15) is 17.6 Å². The normalized spacial score (nSPS) is 9.25. The van der Waals surface area contributed by atoms with Crippen LogP contribution in [-0.2, 0) is 0 Å². The van der Waals surface area contributed by atoms with Gasteiger partial charge in [0.15, 0.2) is 0 Å². The zero-order valence-corrected chi connectivity index (χ0v) is 54.6. The Morgan fingerprint density at radius 3 is 1.21 bits per heavy atom. The summed E-state index contributed by atoms with van der Waals surface area (Å²) in [5.41, 5.74) is 8.87. The molecule has 0 aromatic carbocycles. The van der Waals surface area contributed by atoms with Gasteiger partial charge in [0, 0.05) is 95.3 Å². The van der Waals surface area contributed by atoms with E-state index in [1.165, 1.54) is 46.3 Å². The van der Waals surface area contributed by atoms with E-state index in [-0.39, 0.29) is 17.5 Å². The average molecular weight is 1480 g/mol. The van der Waals surface area contributed by atoms with Gasteiger partial charge in [-0.15, -0.1) is 0 Å². The van der Waals surface area contributed by atoms with Gasteiger partial charge in [0.25, 0.3) is 0 Å². The molecule has 0 aliphatic rings. The topological polar surface area (TPSA) is 129 Å². The standard InChI is InChI=1S/2C6H6BrN.2C6H6ClN.4C6H6FN.2C6H6IN/c1-5-4-6(7)2-3-8-5;1-5-3-2-4-6(7)8-5;1-5-4-6(7)2-3-8-5;1-5-3-2-4-6(7)8-5;1-5-4-6(7)2-3-8-5;1-5-2-3-6(7)4-8-5;1-5-6(7)3-2-4-8-5;1-5-3-2-4-6(7)8-5;1-5-4-6(7)2-3-8-5;1-5-3-2-4-6(7)8-5/h10*2-4H,1H3. The number of aromatic nitrogens is 10. The molecule has 10 aromatic heterocycles. The van der Waals surface area contributed by atoms with E-state index in [0.717, 1.165) is 57.7 Å². The smallest absolute Gasteiger partial charge is 0.213 e. The highest BCUT2D eigenvalue weighted by molar-refractivity contribution is 14.1. The molecule has 0 bridgehead atoms. The molecule has 0 fully saturated rings. The number of aryl methyl sites for hydroxylation is 10. The van der Waals surface area contributed by atoms with Crippen LogP contribution in [0.1, 0.15) is 56.9 Å². The minimum Gasteiger partial charge on any atom is -0.262 e. The fourth-order valence-corrected chi connectivity index (χ4v) is 7.50. The maximum Gasteiger partial charge on any atom is 0.213 e. The zero-order valence-electron chi connectivity index (χ0n) is 45.6. The van der Waals surface area contributed by atoms with Crippen LogP contribution in [0.15, 0.2) is 192 Å². The Labute approximate surface area is 521 Å². The molecule has 10 nitrogen and oxygen atoms in total. The molecular weight excluding hydrogens is 1420 g/mol. The van der Waals surface area contributed by atoms with Crippen molar-refractivity contribution in [1.29, 1.82) is 0 Å². The molecule has 0 unspecified atom stereocenters. The lowest BCUT2D eigenvalue weighted by Crippen LogP contribution is -1.82. The average Bonchev–Trinajstić information content (AvgIpc) is 3.37. The fraction of sp³-hybridized carbons (Fsp3) is 0.167. The molecule has 0 N–H and O–H groups in total. The summed E-state index contributed by atoms with van der Waals surface area (Å²) in [6, 6.07) is 42.3. The van der Waals surface area contributed by atoms with E-state index in [1.807, 2.05) is 134 Å². The molecule has 80 heavy (non-hydrogen) atoms. The van der Waals surface area contributed by atoms with Gasteiger partial charge in [-0.05, 0) is 252 Å². The first-order valence-electron chi connectivity index (χ1n) is 23.7. The Bertz CT molecular complexity index is 2600. The second kappa shape index (κ2) is 43.0. The molecule has 0 amide bonds. The highest BCUT2D eigenvalue weighted by Gasteiger charge is 1.92. The van der Waals surface area contributed by atoms with Crippen molar-refractivity contribution in [3.05, 3.63) is 290 Å². The SMILES string of the molecule is Cc1cc(Br)ccn1.Cc1cc(Cl)ccn1.Cc1cc(F)ccn1.Cc1cc(I)ccn1.Cc1ccc(F)cn1.Cc1cccc(Br)n1.Cc1cccc(Cl)n1.Cc1cccc(F)n1.Cc1cccc(I)n1.Cc1ncccc1F. The number of rotatable bonds is 0. The summed E-state index contributed by atoms with van der Waals surface area (Å²) in [5.74, 6) is -1.16. The van der Waals surface area contributed by atoms with Gasteiger partial charge in [-0.2, -0.15) is 4.39 Å². The van der Waals surface area contributed by atoms with Crippen molar-refractivity contribution in [3.8, 4) is 0 Å². The Balaban J connectivity index is 0.000000444. The number of pyridine rings is 10. The first kappa shape index (κ1) is 72.2. The molecule has 20 heteroatoms. The summed E-state index contributed by atoms with van der Waals surface area (Å²) < 4.78 is 52.8. The number of hydrogen-bond donors (Lipinski definition) is 0. The Hall–Kier alpha value is -5.78. The molecule has 10 heterocycles. The second-order valence-electron chi connectivity index (χ2n) is 16.1.